The molecule has 0 saturated carbocycles. The van der Waals surface area contributed by atoms with Gasteiger partial charge in [0.2, 0.25) is 12.4 Å². The molecule has 1 saturated heterocycles. The fourth-order valence-electron chi connectivity index (χ4n) is 3.99. The Kier molecular flexibility index (Phi) is 9.26. The van der Waals surface area contributed by atoms with Crippen LogP contribution in [0.3, 0.4) is 0 Å². The van der Waals surface area contributed by atoms with E-state index in [2.05, 4.69) is 15.9 Å². The van der Waals surface area contributed by atoms with Crippen LogP contribution in [0, 0.1) is 6.92 Å². The molecule has 2 aromatic rings. The molecule has 1 fully saturated rings. The van der Waals surface area contributed by atoms with Crippen LogP contribution in [0.2, 0.25) is 0 Å². The zero-order valence-corrected chi connectivity index (χ0v) is 22.8. The van der Waals surface area contributed by atoms with Crippen LogP contribution in [-0.2, 0) is 49.3 Å². The Morgan fingerprint density at radius 3 is 1.97 bits per heavy atom. The van der Waals surface area contributed by atoms with Crippen molar-refractivity contribution in [1.29, 1.82) is 0 Å². The lowest BCUT2D eigenvalue weighted by atomic mass is 9.90. The predicted molar refractivity (Wildman–Crippen MR) is 132 cm³/mol. The molecule has 0 spiro atoms. The van der Waals surface area contributed by atoms with E-state index < -0.39 is 54.6 Å². The predicted octanol–water partition coefficient (Wildman–Crippen LogP) is 4.17. The molecule has 1 aromatic heterocycles. The smallest absolute Gasteiger partial charge is 0.305 e. The number of thiophene rings is 1. The van der Waals surface area contributed by atoms with E-state index in [0.29, 0.717) is 12.0 Å². The van der Waals surface area contributed by atoms with E-state index in [4.69, 9.17) is 23.7 Å². The molecular formula is C25H27BrO9S. The third-order valence-electron chi connectivity index (χ3n) is 5.38. The Morgan fingerprint density at radius 1 is 0.833 bits per heavy atom. The van der Waals surface area contributed by atoms with Gasteiger partial charge < -0.3 is 23.7 Å². The highest BCUT2D eigenvalue weighted by Crippen LogP contribution is 2.39. The number of aryl methyl sites for hydroxylation is 1. The molecule has 0 amide bonds. The summed E-state index contributed by atoms with van der Waals surface area (Å²) in [5.41, 5.74) is 2.64. The van der Waals surface area contributed by atoms with Crippen LogP contribution < -0.4 is 0 Å². The normalized spacial score (nSPS) is 23.4. The molecule has 1 unspecified atom stereocenters. The standard InChI is InChI=1S/C25H27BrO9S/c1-12-6-7-17(10-18(12)11-19-8-9-20(26)36-19)21-22(31-13(2)27)23(32-14(3)28)24(33-15(4)29)25(35-21)34-16(5)30/h6-10,21-25H,11H2,1-5H3/t21?,22-,23+,24-,25-/m0/s1. The summed E-state index contributed by atoms with van der Waals surface area (Å²) < 4.78 is 28.7. The van der Waals surface area contributed by atoms with Crippen LogP contribution in [0.1, 0.15) is 55.4 Å². The van der Waals surface area contributed by atoms with Crippen LogP contribution in [0.5, 0.6) is 0 Å². The second-order valence-corrected chi connectivity index (χ2v) is 10.9. The summed E-state index contributed by atoms with van der Waals surface area (Å²) in [6.45, 7) is 6.68. The molecule has 5 atom stereocenters. The maximum Gasteiger partial charge on any atom is 0.305 e. The summed E-state index contributed by atoms with van der Waals surface area (Å²) in [6, 6.07) is 9.61. The van der Waals surface area contributed by atoms with Crippen LogP contribution in [0.25, 0.3) is 0 Å². The molecule has 0 aliphatic carbocycles. The van der Waals surface area contributed by atoms with Crippen LogP contribution in [0.15, 0.2) is 34.1 Å². The van der Waals surface area contributed by atoms with Crippen molar-refractivity contribution >= 4 is 51.1 Å². The SMILES string of the molecule is CC(=O)O[C@H]1OC(c2ccc(C)c(Cc3ccc(Br)s3)c2)[C@H](OC(C)=O)[C@@H](OC(C)=O)[C@@H]1OC(C)=O. The molecule has 0 radical (unpaired) electrons. The van der Waals surface area contributed by atoms with Crippen molar-refractivity contribution in [2.75, 3.05) is 0 Å². The van der Waals surface area contributed by atoms with Gasteiger partial charge in [-0.25, -0.2) is 0 Å². The molecule has 9 nitrogen and oxygen atoms in total. The van der Waals surface area contributed by atoms with Crippen molar-refractivity contribution in [2.45, 2.75) is 71.7 Å². The number of rotatable bonds is 7. The van der Waals surface area contributed by atoms with Crippen LogP contribution >= 0.6 is 27.3 Å². The molecule has 1 aromatic carbocycles. The number of hydrogen-bond acceptors (Lipinski definition) is 10. The van der Waals surface area contributed by atoms with Crippen molar-refractivity contribution in [3.05, 3.63) is 55.7 Å². The molecule has 11 heteroatoms. The van der Waals surface area contributed by atoms with Crippen molar-refractivity contribution in [1.82, 2.24) is 0 Å². The fraction of sp³-hybridized carbons (Fsp3) is 0.440. The van der Waals surface area contributed by atoms with Crippen LogP contribution in [0.4, 0.5) is 0 Å². The minimum atomic E-state index is -1.41. The highest BCUT2D eigenvalue weighted by atomic mass is 79.9. The second kappa shape index (κ2) is 12.0. The average Bonchev–Trinajstić information content (AvgIpc) is 3.17. The maximum atomic E-state index is 12.1. The Morgan fingerprint density at radius 2 is 1.42 bits per heavy atom. The van der Waals surface area contributed by atoms with Gasteiger partial charge in [0.1, 0.15) is 6.10 Å². The number of benzene rings is 1. The Hall–Kier alpha value is -2.76. The first-order valence-corrected chi connectivity index (χ1v) is 12.7. The van der Waals surface area contributed by atoms with Crippen molar-refractivity contribution in [3.63, 3.8) is 0 Å². The molecule has 0 bridgehead atoms. The summed E-state index contributed by atoms with van der Waals surface area (Å²) in [4.78, 5) is 48.9. The molecule has 36 heavy (non-hydrogen) atoms. The zero-order valence-electron chi connectivity index (χ0n) is 20.4. The monoisotopic (exact) mass is 582 g/mol. The third-order valence-corrected chi connectivity index (χ3v) is 7.00. The lowest BCUT2D eigenvalue weighted by Crippen LogP contribution is -2.59. The van der Waals surface area contributed by atoms with Gasteiger partial charge >= 0.3 is 23.9 Å². The van der Waals surface area contributed by atoms with Gasteiger partial charge in [-0.05, 0) is 51.7 Å². The van der Waals surface area contributed by atoms with Gasteiger partial charge in [-0.2, -0.15) is 0 Å². The first-order valence-electron chi connectivity index (χ1n) is 11.1. The van der Waals surface area contributed by atoms with E-state index in [0.717, 1.165) is 26.7 Å². The van der Waals surface area contributed by atoms with Gasteiger partial charge in [-0.1, -0.05) is 18.2 Å². The number of esters is 4. The summed E-state index contributed by atoms with van der Waals surface area (Å²) >= 11 is 5.09. The van der Waals surface area contributed by atoms with Gasteiger partial charge in [-0.15, -0.1) is 11.3 Å². The molecular weight excluding hydrogens is 556 g/mol. The van der Waals surface area contributed by atoms with Crippen LogP contribution in [-0.4, -0.2) is 48.5 Å². The average molecular weight is 583 g/mol. The van der Waals surface area contributed by atoms with E-state index in [1.54, 1.807) is 17.4 Å². The van der Waals surface area contributed by atoms with Gasteiger partial charge in [-0.3, -0.25) is 19.2 Å². The van der Waals surface area contributed by atoms with Gasteiger partial charge in [0.05, 0.1) is 3.79 Å². The highest BCUT2D eigenvalue weighted by Gasteiger charge is 2.53. The highest BCUT2D eigenvalue weighted by molar-refractivity contribution is 9.11. The van der Waals surface area contributed by atoms with Gasteiger partial charge in [0, 0.05) is 39.0 Å². The molecule has 1 aliphatic heterocycles. The minimum Gasteiger partial charge on any atom is -0.455 e. The fourth-order valence-corrected chi connectivity index (χ4v) is 5.50. The Balaban J connectivity index is 2.07. The maximum absolute atomic E-state index is 12.1. The molecule has 194 valence electrons. The van der Waals surface area contributed by atoms with Gasteiger partial charge in [0.15, 0.2) is 12.2 Å². The van der Waals surface area contributed by atoms with E-state index in [-0.39, 0.29) is 0 Å². The summed E-state index contributed by atoms with van der Waals surface area (Å²) in [5, 5.41) is 0. The lowest BCUT2D eigenvalue weighted by Gasteiger charge is -2.44. The van der Waals surface area contributed by atoms with Crippen molar-refractivity contribution in [3.8, 4) is 0 Å². The molecule has 1 aliphatic rings. The van der Waals surface area contributed by atoms with Crippen molar-refractivity contribution in [2.24, 2.45) is 0 Å². The number of halogens is 1. The quantitative estimate of drug-likeness (QED) is 0.350. The molecule has 0 N–H and O–H groups in total. The largest absolute Gasteiger partial charge is 0.455 e. The Bertz CT molecular complexity index is 1140. The minimum absolute atomic E-state index is 0.605. The number of carbonyl (C=O) groups excluding carboxylic acids is 4. The molecule has 2 heterocycles. The Labute approximate surface area is 221 Å². The van der Waals surface area contributed by atoms with E-state index in [9.17, 15) is 19.2 Å². The van der Waals surface area contributed by atoms with E-state index in [1.165, 1.54) is 20.8 Å². The van der Waals surface area contributed by atoms with Crippen molar-refractivity contribution < 1.29 is 42.9 Å². The van der Waals surface area contributed by atoms with E-state index >= 15 is 0 Å². The topological polar surface area (TPSA) is 114 Å². The molecule has 3 rings (SSSR count). The third kappa shape index (κ3) is 7.14. The first-order chi connectivity index (χ1) is 16.9. The zero-order chi connectivity index (χ0) is 26.6. The summed E-state index contributed by atoms with van der Waals surface area (Å²) in [5.74, 6) is -2.78. The summed E-state index contributed by atoms with van der Waals surface area (Å²) in [7, 11) is 0. The summed E-state index contributed by atoms with van der Waals surface area (Å²) in [6.07, 6.45) is -5.60. The number of ether oxygens (including phenoxy) is 5. The first kappa shape index (κ1) is 27.8. The number of carbonyl (C=O) groups is 4. The number of hydrogen-bond donors (Lipinski definition) is 0. The lowest BCUT2D eigenvalue weighted by molar-refractivity contribution is -0.298. The van der Waals surface area contributed by atoms with Gasteiger partial charge in [0.25, 0.3) is 0 Å². The second-order valence-electron chi connectivity index (χ2n) is 8.33. The van der Waals surface area contributed by atoms with E-state index in [1.807, 2.05) is 31.2 Å².